The fourth-order valence-electron chi connectivity index (χ4n) is 5.11. The number of aromatic nitrogens is 2. The number of hydrogen-bond acceptors (Lipinski definition) is 3. The van der Waals surface area contributed by atoms with Gasteiger partial charge >= 0.3 is 0 Å². The van der Waals surface area contributed by atoms with Gasteiger partial charge in [-0.15, -0.1) is 0 Å². The van der Waals surface area contributed by atoms with E-state index in [1.54, 1.807) is 0 Å². The van der Waals surface area contributed by atoms with Gasteiger partial charge in [0.05, 0.1) is 24.5 Å². The summed E-state index contributed by atoms with van der Waals surface area (Å²) in [6, 6.07) is 26.9. The molecule has 0 fully saturated rings. The molecule has 0 saturated heterocycles. The Morgan fingerprint density at radius 1 is 0.818 bits per heavy atom. The molecule has 0 unspecified atom stereocenters. The quantitative estimate of drug-likeness (QED) is 0.470. The van der Waals surface area contributed by atoms with Crippen LogP contribution in [0.2, 0.25) is 0 Å². The third-order valence-electron chi connectivity index (χ3n) is 6.74. The van der Waals surface area contributed by atoms with E-state index in [1.807, 2.05) is 41.1 Å². The first kappa shape index (κ1) is 20.1. The Bertz CT molecular complexity index is 1340. The molecule has 33 heavy (non-hydrogen) atoms. The number of benzene rings is 3. The molecule has 0 aliphatic carbocycles. The molecule has 3 aromatic carbocycles. The summed E-state index contributed by atoms with van der Waals surface area (Å²) < 4.78 is 9.72. The maximum absolute atomic E-state index is 13.5. The van der Waals surface area contributed by atoms with Crippen LogP contribution in [0.5, 0.6) is 5.75 Å². The predicted octanol–water partition coefficient (Wildman–Crippen LogP) is 4.18. The number of ether oxygens (including phenoxy) is 1. The number of nitrogens with zero attached hydrogens (tertiary/aromatic N) is 3. The van der Waals surface area contributed by atoms with Crippen molar-refractivity contribution < 1.29 is 4.74 Å². The molecule has 4 aromatic rings. The topological polar surface area (TPSA) is 39.4 Å². The van der Waals surface area contributed by atoms with Gasteiger partial charge in [0.2, 0.25) is 0 Å². The van der Waals surface area contributed by atoms with Crippen molar-refractivity contribution in [1.82, 2.24) is 14.3 Å². The lowest BCUT2D eigenvalue weighted by molar-refractivity contribution is 0.236. The van der Waals surface area contributed by atoms with Gasteiger partial charge in [0.15, 0.2) is 0 Å². The molecule has 1 aromatic heterocycles. The summed E-state index contributed by atoms with van der Waals surface area (Å²) in [6.45, 7) is 3.99. The molecule has 5 nitrogen and oxygen atoms in total. The Hall–Kier alpha value is -3.57. The van der Waals surface area contributed by atoms with Gasteiger partial charge in [0, 0.05) is 31.6 Å². The van der Waals surface area contributed by atoms with Crippen molar-refractivity contribution in [2.24, 2.45) is 0 Å². The lowest BCUT2D eigenvalue weighted by Gasteiger charge is -2.28. The molecular weight excluding hydrogens is 410 g/mol. The molecule has 0 amide bonds. The van der Waals surface area contributed by atoms with Crippen LogP contribution in [-0.4, -0.2) is 27.4 Å². The minimum atomic E-state index is 0.112. The first-order valence-corrected chi connectivity index (χ1v) is 11.7. The molecule has 0 spiro atoms. The summed E-state index contributed by atoms with van der Waals surface area (Å²) in [6.07, 6.45) is 1.76. The highest BCUT2D eigenvalue weighted by Crippen LogP contribution is 2.28. The van der Waals surface area contributed by atoms with E-state index < -0.39 is 0 Å². The summed E-state index contributed by atoms with van der Waals surface area (Å²) in [4.78, 5) is 16.0. The molecule has 0 N–H and O–H groups in total. The second kappa shape index (κ2) is 8.41. The van der Waals surface area contributed by atoms with Crippen LogP contribution < -0.4 is 10.3 Å². The van der Waals surface area contributed by atoms with E-state index in [0.29, 0.717) is 6.54 Å². The van der Waals surface area contributed by atoms with Crippen LogP contribution >= 0.6 is 0 Å². The maximum Gasteiger partial charge on any atom is 0.274 e. The third-order valence-corrected chi connectivity index (χ3v) is 6.74. The van der Waals surface area contributed by atoms with E-state index in [0.717, 1.165) is 61.8 Å². The fourth-order valence-corrected chi connectivity index (χ4v) is 5.11. The molecule has 0 atom stereocenters. The van der Waals surface area contributed by atoms with E-state index in [9.17, 15) is 4.79 Å². The van der Waals surface area contributed by atoms with Crippen LogP contribution in [0.25, 0.3) is 5.69 Å². The maximum atomic E-state index is 13.5. The number of hydrogen-bond donors (Lipinski definition) is 0. The highest BCUT2D eigenvalue weighted by Gasteiger charge is 2.27. The Morgan fingerprint density at radius 3 is 2.42 bits per heavy atom. The summed E-state index contributed by atoms with van der Waals surface area (Å²) >= 11 is 0. The zero-order chi connectivity index (χ0) is 22.2. The second-order valence-corrected chi connectivity index (χ2v) is 8.92. The Labute approximate surface area is 193 Å². The van der Waals surface area contributed by atoms with Gasteiger partial charge in [0.1, 0.15) is 5.75 Å². The van der Waals surface area contributed by atoms with E-state index >= 15 is 0 Å². The molecule has 0 saturated carbocycles. The molecular formula is C28H27N3O2. The van der Waals surface area contributed by atoms with Crippen LogP contribution in [0.4, 0.5) is 0 Å². The van der Waals surface area contributed by atoms with Gasteiger partial charge in [0.25, 0.3) is 5.56 Å². The Morgan fingerprint density at radius 2 is 1.61 bits per heavy atom. The van der Waals surface area contributed by atoms with E-state index in [2.05, 4.69) is 52.0 Å². The summed E-state index contributed by atoms with van der Waals surface area (Å²) in [5.41, 5.74) is 6.91. The lowest BCUT2D eigenvalue weighted by atomic mass is 10.0. The third kappa shape index (κ3) is 3.79. The molecule has 6 rings (SSSR count). The monoisotopic (exact) mass is 437 g/mol. The van der Waals surface area contributed by atoms with E-state index in [-0.39, 0.29) is 5.56 Å². The molecule has 2 aliphatic heterocycles. The van der Waals surface area contributed by atoms with Crippen LogP contribution in [0.3, 0.4) is 0 Å². The normalized spacial score (nSPS) is 15.2. The van der Waals surface area contributed by atoms with E-state index in [1.165, 1.54) is 16.7 Å². The summed E-state index contributed by atoms with van der Waals surface area (Å²) in [7, 11) is 0. The average molecular weight is 438 g/mol. The van der Waals surface area contributed by atoms with Gasteiger partial charge in [-0.2, -0.15) is 0 Å². The van der Waals surface area contributed by atoms with Crippen molar-refractivity contribution in [1.29, 1.82) is 0 Å². The first-order chi connectivity index (χ1) is 16.3. The molecule has 0 bridgehead atoms. The van der Waals surface area contributed by atoms with Gasteiger partial charge in [-0.1, -0.05) is 60.7 Å². The molecule has 5 heteroatoms. The second-order valence-electron chi connectivity index (χ2n) is 8.92. The van der Waals surface area contributed by atoms with Gasteiger partial charge in [-0.05, 0) is 41.3 Å². The minimum Gasteiger partial charge on any atom is -0.493 e. The zero-order valence-corrected chi connectivity index (χ0v) is 18.6. The van der Waals surface area contributed by atoms with Crippen molar-refractivity contribution in [3.8, 4) is 11.4 Å². The average Bonchev–Trinajstić information content (AvgIpc) is 3.42. The fraction of sp³-hybridized carbons (Fsp3) is 0.250. The number of para-hydroxylation sites is 1. The predicted molar refractivity (Wildman–Crippen MR) is 129 cm³/mol. The number of fused-ring (bicyclic) bond motifs is 2. The standard InChI is InChI=1S/C28H27N3O2/c32-28-25-13-15-29(18-22-11-12-27-23(17-22)14-16-33-27)20-26(25)30(19-21-7-3-1-4-8-21)31(28)24-9-5-2-6-10-24/h1-12,17H,13-16,18-20H2. The van der Waals surface area contributed by atoms with Crippen molar-refractivity contribution in [3.63, 3.8) is 0 Å². The lowest BCUT2D eigenvalue weighted by Crippen LogP contribution is -2.32. The highest BCUT2D eigenvalue weighted by molar-refractivity contribution is 5.40. The molecule has 166 valence electrons. The van der Waals surface area contributed by atoms with Crippen LogP contribution in [0, 0.1) is 0 Å². The molecule has 3 heterocycles. The van der Waals surface area contributed by atoms with Crippen molar-refractivity contribution >= 4 is 0 Å². The molecule has 2 aliphatic rings. The largest absolute Gasteiger partial charge is 0.493 e. The smallest absolute Gasteiger partial charge is 0.274 e. The van der Waals surface area contributed by atoms with Crippen molar-refractivity contribution in [2.75, 3.05) is 13.2 Å². The summed E-state index contributed by atoms with van der Waals surface area (Å²) in [5, 5.41) is 0. The zero-order valence-electron chi connectivity index (χ0n) is 18.6. The van der Waals surface area contributed by atoms with Crippen LogP contribution in [-0.2, 0) is 32.5 Å². The van der Waals surface area contributed by atoms with Gasteiger partial charge in [-0.3, -0.25) is 14.4 Å². The van der Waals surface area contributed by atoms with Crippen LogP contribution in [0.15, 0.2) is 83.7 Å². The first-order valence-electron chi connectivity index (χ1n) is 11.7. The minimum absolute atomic E-state index is 0.112. The van der Waals surface area contributed by atoms with Crippen LogP contribution in [0.1, 0.15) is 27.9 Å². The van der Waals surface area contributed by atoms with Crippen molar-refractivity contribution in [3.05, 3.63) is 117 Å². The van der Waals surface area contributed by atoms with Gasteiger partial charge < -0.3 is 4.74 Å². The van der Waals surface area contributed by atoms with Gasteiger partial charge in [-0.25, -0.2) is 4.68 Å². The molecule has 0 radical (unpaired) electrons. The number of rotatable bonds is 5. The Kier molecular flexibility index (Phi) is 5.11. The highest BCUT2D eigenvalue weighted by atomic mass is 16.5. The SMILES string of the molecule is O=c1c2c(n(Cc3ccccc3)n1-c1ccccc1)CN(Cc1ccc3c(c1)CCO3)CC2. The van der Waals surface area contributed by atoms with Crippen molar-refractivity contribution in [2.45, 2.75) is 32.5 Å². The summed E-state index contributed by atoms with van der Waals surface area (Å²) in [5.74, 6) is 1.02. The Balaban J connectivity index is 1.36. The van der Waals surface area contributed by atoms with E-state index in [4.69, 9.17) is 4.74 Å².